The van der Waals surface area contributed by atoms with Gasteiger partial charge in [0, 0.05) is 24.7 Å². The number of H-pyrrole nitrogens is 1. The first-order valence-electron chi connectivity index (χ1n) is 8.88. The van der Waals surface area contributed by atoms with E-state index in [1.807, 2.05) is 0 Å². The van der Waals surface area contributed by atoms with E-state index in [1.54, 1.807) is 32.6 Å². The van der Waals surface area contributed by atoms with Crippen LogP contribution in [0, 0.1) is 20.8 Å². The first-order chi connectivity index (χ1) is 12.4. The molecule has 2 aromatic heterocycles. The number of nitrogens with zero attached hydrogens (tertiary/aromatic N) is 3. The third kappa shape index (κ3) is 3.36. The molecule has 0 bridgehead atoms. The number of carbonyl (C=O) groups is 2. The fourth-order valence-electron chi connectivity index (χ4n) is 3.44. The molecule has 1 saturated heterocycles. The van der Waals surface area contributed by atoms with Crippen molar-refractivity contribution in [3.63, 3.8) is 0 Å². The van der Waals surface area contributed by atoms with E-state index in [0.717, 1.165) is 12.8 Å². The number of aromatic nitrogens is 3. The fraction of sp³-hybridized carbons (Fsp3) is 0.556. The Bertz CT molecular complexity index is 815. The van der Waals surface area contributed by atoms with Crippen molar-refractivity contribution in [1.29, 1.82) is 0 Å². The predicted molar refractivity (Wildman–Crippen MR) is 93.1 cm³/mol. The molecule has 140 valence electrons. The van der Waals surface area contributed by atoms with Crippen LogP contribution in [0.3, 0.4) is 0 Å². The van der Waals surface area contributed by atoms with E-state index < -0.39 is 5.97 Å². The van der Waals surface area contributed by atoms with E-state index >= 15 is 0 Å². The smallest absolute Gasteiger partial charge is 0.340 e. The molecule has 0 aromatic carbocycles. The van der Waals surface area contributed by atoms with Gasteiger partial charge in [0.15, 0.2) is 5.82 Å². The van der Waals surface area contributed by atoms with Crippen LogP contribution in [0.1, 0.15) is 69.5 Å². The van der Waals surface area contributed by atoms with Gasteiger partial charge in [0.25, 0.3) is 5.91 Å². The van der Waals surface area contributed by atoms with E-state index in [-0.39, 0.29) is 11.8 Å². The topological polar surface area (TPSA) is 101 Å². The Balaban J connectivity index is 1.71. The molecule has 1 aliphatic rings. The summed E-state index contributed by atoms with van der Waals surface area (Å²) in [6, 6.07) is 0. The summed E-state index contributed by atoms with van der Waals surface area (Å²) in [6.07, 6.45) is 1.55. The van der Waals surface area contributed by atoms with Crippen LogP contribution in [0.25, 0.3) is 0 Å². The molecule has 2 aromatic rings. The van der Waals surface area contributed by atoms with Gasteiger partial charge in [0.1, 0.15) is 5.69 Å². The van der Waals surface area contributed by atoms with Gasteiger partial charge in [-0.05, 0) is 46.1 Å². The highest BCUT2D eigenvalue weighted by Gasteiger charge is 2.30. The lowest BCUT2D eigenvalue weighted by atomic mass is 9.96. The van der Waals surface area contributed by atoms with Crippen molar-refractivity contribution in [2.24, 2.45) is 0 Å². The van der Waals surface area contributed by atoms with Gasteiger partial charge in [-0.1, -0.05) is 5.16 Å². The van der Waals surface area contributed by atoms with Crippen LogP contribution in [0.15, 0.2) is 4.52 Å². The van der Waals surface area contributed by atoms with Crippen LogP contribution in [0.5, 0.6) is 0 Å². The number of hydrogen-bond acceptors (Lipinski definition) is 6. The van der Waals surface area contributed by atoms with E-state index in [2.05, 4.69) is 15.1 Å². The average molecular weight is 360 g/mol. The van der Waals surface area contributed by atoms with Crippen molar-refractivity contribution in [3.05, 3.63) is 34.2 Å². The molecule has 1 amide bonds. The van der Waals surface area contributed by atoms with Crippen LogP contribution >= 0.6 is 0 Å². The minimum absolute atomic E-state index is 0.0960. The summed E-state index contributed by atoms with van der Waals surface area (Å²) in [5.41, 5.74) is 2.20. The number of esters is 1. The molecule has 0 aliphatic carbocycles. The van der Waals surface area contributed by atoms with Crippen LogP contribution < -0.4 is 0 Å². The van der Waals surface area contributed by atoms with Crippen molar-refractivity contribution in [3.8, 4) is 0 Å². The van der Waals surface area contributed by atoms with E-state index in [9.17, 15) is 9.59 Å². The molecule has 8 heteroatoms. The Kier molecular flexibility index (Phi) is 5.11. The molecular formula is C18H24N4O4. The Morgan fingerprint density at radius 2 is 1.96 bits per heavy atom. The predicted octanol–water partition coefficient (Wildman–Crippen LogP) is 2.52. The molecule has 3 rings (SSSR count). The first kappa shape index (κ1) is 18.2. The summed E-state index contributed by atoms with van der Waals surface area (Å²) >= 11 is 0. The molecule has 3 heterocycles. The van der Waals surface area contributed by atoms with Gasteiger partial charge in [-0.25, -0.2) is 4.79 Å². The van der Waals surface area contributed by atoms with Gasteiger partial charge in [-0.15, -0.1) is 0 Å². The fourth-order valence-corrected chi connectivity index (χ4v) is 3.44. The second-order valence-corrected chi connectivity index (χ2v) is 6.59. The van der Waals surface area contributed by atoms with Gasteiger partial charge in [-0.2, -0.15) is 4.98 Å². The monoisotopic (exact) mass is 360 g/mol. The molecule has 1 fully saturated rings. The third-order valence-corrected chi connectivity index (χ3v) is 4.81. The lowest BCUT2D eigenvalue weighted by Gasteiger charge is -2.30. The zero-order chi connectivity index (χ0) is 18.8. The standard InChI is InChI=1S/C18H24N4O4/c1-5-25-18(24)14-10(2)15(19-11(14)3)17(23)22-8-6-13(7-9-22)16-20-12(4)21-26-16/h13,19H,5-9H2,1-4H3. The maximum atomic E-state index is 12.9. The molecule has 1 N–H and O–H groups in total. The highest BCUT2D eigenvalue weighted by Crippen LogP contribution is 2.28. The van der Waals surface area contributed by atoms with Gasteiger partial charge in [0.05, 0.1) is 12.2 Å². The Morgan fingerprint density at radius 3 is 2.54 bits per heavy atom. The largest absolute Gasteiger partial charge is 0.462 e. The van der Waals surface area contributed by atoms with Crippen molar-refractivity contribution < 1.29 is 18.8 Å². The SMILES string of the molecule is CCOC(=O)c1c(C)[nH]c(C(=O)N2CCC(c3nc(C)no3)CC2)c1C. The number of piperidine rings is 1. The van der Waals surface area contributed by atoms with Crippen molar-refractivity contribution >= 4 is 11.9 Å². The van der Waals surface area contributed by atoms with Crippen LogP contribution in [-0.2, 0) is 4.74 Å². The highest BCUT2D eigenvalue weighted by molar-refractivity contribution is 6.00. The lowest BCUT2D eigenvalue weighted by molar-refractivity contribution is 0.0525. The maximum Gasteiger partial charge on any atom is 0.340 e. The zero-order valence-corrected chi connectivity index (χ0v) is 15.6. The van der Waals surface area contributed by atoms with Gasteiger partial charge < -0.3 is 19.1 Å². The number of amides is 1. The minimum atomic E-state index is -0.400. The van der Waals surface area contributed by atoms with Crippen LogP contribution in [0.4, 0.5) is 0 Å². The van der Waals surface area contributed by atoms with E-state index in [1.165, 1.54) is 0 Å². The van der Waals surface area contributed by atoms with Crippen molar-refractivity contribution in [2.45, 2.75) is 46.5 Å². The summed E-state index contributed by atoms with van der Waals surface area (Å²) in [4.78, 5) is 34.2. The summed E-state index contributed by atoms with van der Waals surface area (Å²) in [7, 11) is 0. The second kappa shape index (κ2) is 7.31. The van der Waals surface area contributed by atoms with Crippen LogP contribution in [-0.4, -0.2) is 51.6 Å². The quantitative estimate of drug-likeness (QED) is 0.841. The second-order valence-electron chi connectivity index (χ2n) is 6.59. The molecule has 0 spiro atoms. The summed E-state index contributed by atoms with van der Waals surface area (Å²) < 4.78 is 10.3. The van der Waals surface area contributed by atoms with Gasteiger partial charge in [0.2, 0.25) is 5.89 Å². The Hall–Kier alpha value is -2.64. The number of aromatic amines is 1. The average Bonchev–Trinajstić information content (AvgIpc) is 3.18. The molecule has 0 unspecified atom stereocenters. The maximum absolute atomic E-state index is 12.9. The van der Waals surface area contributed by atoms with Gasteiger partial charge >= 0.3 is 5.97 Å². The van der Waals surface area contributed by atoms with E-state index in [0.29, 0.717) is 53.9 Å². The number of aryl methyl sites for hydroxylation is 2. The number of hydrogen-bond donors (Lipinski definition) is 1. The number of ether oxygens (including phenoxy) is 1. The summed E-state index contributed by atoms with van der Waals surface area (Å²) in [5, 5.41) is 3.83. The van der Waals surface area contributed by atoms with Gasteiger partial charge in [-0.3, -0.25) is 4.79 Å². The summed E-state index contributed by atoms with van der Waals surface area (Å²) in [5.74, 6) is 0.958. The molecule has 0 radical (unpaired) electrons. The number of rotatable bonds is 4. The Morgan fingerprint density at radius 1 is 1.27 bits per heavy atom. The lowest BCUT2D eigenvalue weighted by Crippen LogP contribution is -2.38. The summed E-state index contributed by atoms with van der Waals surface area (Å²) in [6.45, 7) is 8.62. The van der Waals surface area contributed by atoms with Crippen LogP contribution in [0.2, 0.25) is 0 Å². The number of nitrogens with one attached hydrogen (secondary N) is 1. The highest BCUT2D eigenvalue weighted by atomic mass is 16.5. The Labute approximate surface area is 151 Å². The third-order valence-electron chi connectivity index (χ3n) is 4.81. The van der Waals surface area contributed by atoms with Crippen molar-refractivity contribution in [2.75, 3.05) is 19.7 Å². The number of carbonyl (C=O) groups excluding carboxylic acids is 2. The molecule has 0 atom stereocenters. The number of likely N-dealkylation sites (tertiary alicyclic amines) is 1. The molecule has 1 aliphatic heterocycles. The molecule has 8 nitrogen and oxygen atoms in total. The minimum Gasteiger partial charge on any atom is -0.462 e. The molecule has 0 saturated carbocycles. The molecular weight excluding hydrogens is 336 g/mol. The van der Waals surface area contributed by atoms with Crippen molar-refractivity contribution in [1.82, 2.24) is 20.0 Å². The molecule has 26 heavy (non-hydrogen) atoms. The zero-order valence-electron chi connectivity index (χ0n) is 15.6. The van der Waals surface area contributed by atoms with E-state index in [4.69, 9.17) is 9.26 Å². The normalized spacial score (nSPS) is 15.3. The first-order valence-corrected chi connectivity index (χ1v) is 8.88.